The Morgan fingerprint density at radius 2 is 2.14 bits per heavy atom. The molecular weight excluding hydrogens is 293 g/mol. The number of hydrazine groups is 1. The summed E-state index contributed by atoms with van der Waals surface area (Å²) >= 11 is 4.98. The number of benzene rings is 1. The van der Waals surface area contributed by atoms with Gasteiger partial charge < -0.3 is 10.1 Å². The molecule has 1 aromatic carbocycles. The molecule has 3 N–H and O–H groups in total. The molecule has 0 heterocycles. The second-order valence-corrected chi connectivity index (χ2v) is 4.71. The number of ether oxygens (including phenoxy) is 1. The number of rotatable bonds is 5. The Balaban J connectivity index is 2.37. The van der Waals surface area contributed by atoms with E-state index in [0.29, 0.717) is 12.2 Å². The fourth-order valence-corrected chi connectivity index (χ4v) is 1.74. The van der Waals surface area contributed by atoms with E-state index >= 15 is 0 Å². The molecule has 0 aliphatic carbocycles. The van der Waals surface area contributed by atoms with Crippen LogP contribution in [0.25, 0.3) is 6.08 Å². The Morgan fingerprint density at radius 3 is 2.81 bits per heavy atom. The molecule has 21 heavy (non-hydrogen) atoms. The van der Waals surface area contributed by atoms with Crippen molar-refractivity contribution in [2.75, 3.05) is 13.7 Å². The second-order valence-electron chi connectivity index (χ2n) is 4.30. The van der Waals surface area contributed by atoms with Crippen molar-refractivity contribution >= 4 is 29.3 Å². The third-order valence-corrected chi connectivity index (χ3v) is 2.63. The Morgan fingerprint density at radius 1 is 1.43 bits per heavy atom. The quantitative estimate of drug-likeness (QED) is 0.435. The Labute approximate surface area is 128 Å². The number of methoxy groups -OCH3 is 1. The Kier molecular flexibility index (Phi) is 7.34. The van der Waals surface area contributed by atoms with E-state index in [4.69, 9.17) is 17.0 Å². The van der Waals surface area contributed by atoms with Crippen molar-refractivity contribution in [3.05, 3.63) is 41.7 Å². The van der Waals surface area contributed by atoms with Gasteiger partial charge in [-0.15, -0.1) is 0 Å². The van der Waals surface area contributed by atoms with Crippen molar-refractivity contribution in [2.45, 2.75) is 13.0 Å². The summed E-state index contributed by atoms with van der Waals surface area (Å²) in [4.78, 5) is 11.5. The molecule has 1 aromatic rings. The lowest BCUT2D eigenvalue weighted by Crippen LogP contribution is -2.49. The molecule has 0 aromatic heterocycles. The van der Waals surface area contributed by atoms with Gasteiger partial charge >= 0.3 is 0 Å². The third kappa shape index (κ3) is 6.82. The average Bonchev–Trinajstić information content (AvgIpc) is 2.44. The molecule has 0 fully saturated rings. The fourth-order valence-electron chi connectivity index (χ4n) is 1.49. The minimum absolute atomic E-state index is 0.0147. The fraction of sp³-hybridized carbons (Fsp3) is 0.286. The highest BCUT2D eigenvalue weighted by Crippen LogP contribution is 2.07. The minimum Gasteiger partial charge on any atom is -0.383 e. The number of thiocarbonyl (C=S) groups is 1. The van der Waals surface area contributed by atoms with E-state index in [0.717, 1.165) is 0 Å². The first-order chi connectivity index (χ1) is 10.0. The second kappa shape index (κ2) is 9.04. The summed E-state index contributed by atoms with van der Waals surface area (Å²) in [6, 6.07) is 6.19. The zero-order valence-electron chi connectivity index (χ0n) is 11.9. The molecule has 114 valence electrons. The van der Waals surface area contributed by atoms with Crippen molar-refractivity contribution in [2.24, 2.45) is 0 Å². The van der Waals surface area contributed by atoms with Gasteiger partial charge in [-0.2, -0.15) is 0 Å². The van der Waals surface area contributed by atoms with Crippen molar-refractivity contribution < 1.29 is 13.9 Å². The number of hydrogen-bond acceptors (Lipinski definition) is 3. The van der Waals surface area contributed by atoms with Gasteiger partial charge in [0.05, 0.1) is 6.61 Å². The minimum atomic E-state index is -0.443. The van der Waals surface area contributed by atoms with Crippen LogP contribution in [0.1, 0.15) is 12.5 Å². The van der Waals surface area contributed by atoms with E-state index in [1.54, 1.807) is 25.3 Å². The molecule has 1 rings (SSSR count). The van der Waals surface area contributed by atoms with Crippen LogP contribution >= 0.6 is 12.2 Å². The van der Waals surface area contributed by atoms with Crippen LogP contribution in [0.4, 0.5) is 4.39 Å². The lowest BCUT2D eigenvalue weighted by atomic mass is 10.2. The van der Waals surface area contributed by atoms with Gasteiger partial charge in [-0.25, -0.2) is 4.39 Å². The van der Waals surface area contributed by atoms with E-state index in [9.17, 15) is 9.18 Å². The van der Waals surface area contributed by atoms with E-state index in [1.165, 1.54) is 18.2 Å². The zero-order valence-corrected chi connectivity index (χ0v) is 12.7. The van der Waals surface area contributed by atoms with Crippen LogP contribution in [0.2, 0.25) is 0 Å². The maximum atomic E-state index is 13.3. The van der Waals surface area contributed by atoms with Crippen molar-refractivity contribution in [1.29, 1.82) is 0 Å². The Hall–Kier alpha value is -1.99. The maximum Gasteiger partial charge on any atom is 0.262 e. The molecule has 0 spiro atoms. The normalized spacial score (nSPS) is 12.0. The van der Waals surface area contributed by atoms with E-state index in [-0.39, 0.29) is 17.0 Å². The number of carbonyl (C=O) groups excluding carboxylic acids is 1. The summed E-state index contributed by atoms with van der Waals surface area (Å²) in [5.74, 6) is -0.832. The van der Waals surface area contributed by atoms with Gasteiger partial charge in [0, 0.05) is 24.8 Å². The Bertz CT molecular complexity index is 523. The van der Waals surface area contributed by atoms with E-state index in [2.05, 4.69) is 16.2 Å². The SMILES string of the molecule is COC[C@@H](C)NC(=S)NNC(=O)/C=C/c1ccccc1F. The van der Waals surface area contributed by atoms with Gasteiger partial charge in [0.25, 0.3) is 5.91 Å². The van der Waals surface area contributed by atoms with Gasteiger partial charge in [-0.1, -0.05) is 18.2 Å². The number of hydrogen-bond donors (Lipinski definition) is 3. The molecule has 0 saturated carbocycles. The van der Waals surface area contributed by atoms with E-state index < -0.39 is 5.91 Å². The van der Waals surface area contributed by atoms with Crippen molar-refractivity contribution in [3.8, 4) is 0 Å². The van der Waals surface area contributed by atoms with Gasteiger partial charge in [0.1, 0.15) is 5.82 Å². The highest BCUT2D eigenvalue weighted by molar-refractivity contribution is 7.80. The van der Waals surface area contributed by atoms with Crippen LogP contribution in [-0.4, -0.2) is 30.8 Å². The number of carbonyl (C=O) groups is 1. The molecule has 0 unspecified atom stereocenters. The summed E-state index contributed by atoms with van der Waals surface area (Å²) in [5.41, 5.74) is 5.26. The molecular formula is C14H18FN3O2S. The number of amides is 1. The third-order valence-electron chi connectivity index (χ3n) is 2.41. The first kappa shape index (κ1) is 17.1. The van der Waals surface area contributed by atoms with Crippen LogP contribution < -0.4 is 16.2 Å². The molecule has 5 nitrogen and oxygen atoms in total. The molecule has 1 atom stereocenters. The summed E-state index contributed by atoms with van der Waals surface area (Å²) in [5, 5.41) is 3.19. The predicted octanol–water partition coefficient (Wildman–Crippen LogP) is 1.37. The molecule has 0 saturated heterocycles. The standard InChI is InChI=1S/C14H18FN3O2S/c1-10(9-20-2)16-14(21)18-17-13(19)8-7-11-5-3-4-6-12(11)15/h3-8,10H,9H2,1-2H3,(H,17,19)(H2,16,18,21)/b8-7+/t10-/m1/s1. The van der Waals surface area contributed by atoms with Crippen LogP contribution in [0.3, 0.4) is 0 Å². The first-order valence-corrected chi connectivity index (χ1v) is 6.71. The largest absolute Gasteiger partial charge is 0.383 e. The van der Waals surface area contributed by atoms with Crippen LogP contribution in [0, 0.1) is 5.82 Å². The maximum absolute atomic E-state index is 13.3. The summed E-state index contributed by atoms with van der Waals surface area (Å²) in [7, 11) is 1.59. The summed E-state index contributed by atoms with van der Waals surface area (Å²) in [6.45, 7) is 2.38. The van der Waals surface area contributed by atoms with Gasteiger partial charge in [-0.3, -0.25) is 15.6 Å². The number of nitrogens with one attached hydrogen (secondary N) is 3. The van der Waals surface area contributed by atoms with Crippen molar-refractivity contribution in [3.63, 3.8) is 0 Å². The van der Waals surface area contributed by atoms with Gasteiger partial charge in [-0.05, 0) is 31.3 Å². The highest BCUT2D eigenvalue weighted by Gasteiger charge is 2.04. The first-order valence-electron chi connectivity index (χ1n) is 6.31. The highest BCUT2D eigenvalue weighted by atomic mass is 32.1. The molecule has 0 aliphatic rings. The number of halogens is 1. The molecule has 7 heteroatoms. The summed E-state index contributed by atoms with van der Waals surface area (Å²) < 4.78 is 18.3. The van der Waals surface area contributed by atoms with E-state index in [1.807, 2.05) is 6.92 Å². The summed E-state index contributed by atoms with van der Waals surface area (Å²) in [6.07, 6.45) is 2.60. The zero-order chi connectivity index (χ0) is 15.7. The molecule has 0 bridgehead atoms. The van der Waals surface area contributed by atoms with Gasteiger partial charge in [0.15, 0.2) is 5.11 Å². The van der Waals surface area contributed by atoms with Crippen LogP contribution in [0.15, 0.2) is 30.3 Å². The van der Waals surface area contributed by atoms with Gasteiger partial charge in [0.2, 0.25) is 0 Å². The molecule has 0 radical (unpaired) electrons. The molecule has 0 aliphatic heterocycles. The lowest BCUT2D eigenvalue weighted by Gasteiger charge is -2.15. The lowest BCUT2D eigenvalue weighted by molar-refractivity contribution is -0.116. The molecule has 1 amide bonds. The smallest absolute Gasteiger partial charge is 0.262 e. The van der Waals surface area contributed by atoms with Crippen LogP contribution in [0.5, 0.6) is 0 Å². The topological polar surface area (TPSA) is 62.4 Å². The van der Waals surface area contributed by atoms with Crippen molar-refractivity contribution in [1.82, 2.24) is 16.2 Å². The average molecular weight is 311 g/mol. The predicted molar refractivity (Wildman–Crippen MR) is 83.8 cm³/mol. The van der Waals surface area contributed by atoms with Crippen LogP contribution in [-0.2, 0) is 9.53 Å². The monoisotopic (exact) mass is 311 g/mol.